The van der Waals surface area contributed by atoms with E-state index in [9.17, 15) is 4.39 Å². The van der Waals surface area contributed by atoms with Gasteiger partial charge in [-0.1, -0.05) is 0 Å². The molecule has 0 spiro atoms. The lowest BCUT2D eigenvalue weighted by atomic mass is 9.95. The molecule has 3 heteroatoms. The Kier molecular flexibility index (Phi) is 2.15. The first-order chi connectivity index (χ1) is 7.13. The average molecular weight is 205 g/mol. The minimum atomic E-state index is -0.594. The van der Waals surface area contributed by atoms with E-state index < -0.39 is 5.41 Å². The van der Waals surface area contributed by atoms with Crippen molar-refractivity contribution in [2.75, 3.05) is 7.11 Å². The standard InChI is InChI=1S/C12H12FNO/c1-8-5-9(15-2)6-10(11(8)13)12(7-14)3-4-12/h5-6H,3-4H2,1-2H3. The van der Waals surface area contributed by atoms with Gasteiger partial charge >= 0.3 is 0 Å². The molecule has 0 bridgehead atoms. The number of aryl methyl sites for hydroxylation is 1. The van der Waals surface area contributed by atoms with E-state index in [1.54, 1.807) is 26.2 Å². The number of nitrogens with zero attached hydrogens (tertiary/aromatic N) is 1. The summed E-state index contributed by atoms with van der Waals surface area (Å²) in [7, 11) is 1.54. The smallest absolute Gasteiger partial charge is 0.131 e. The summed E-state index contributed by atoms with van der Waals surface area (Å²) < 4.78 is 18.9. The van der Waals surface area contributed by atoms with Crippen LogP contribution in [0.3, 0.4) is 0 Å². The Balaban J connectivity index is 2.56. The van der Waals surface area contributed by atoms with Crippen LogP contribution in [0.5, 0.6) is 5.75 Å². The van der Waals surface area contributed by atoms with Crippen molar-refractivity contribution >= 4 is 0 Å². The molecule has 0 radical (unpaired) electrons. The number of benzene rings is 1. The summed E-state index contributed by atoms with van der Waals surface area (Å²) in [6, 6.07) is 5.48. The Labute approximate surface area is 88.3 Å². The van der Waals surface area contributed by atoms with Gasteiger partial charge in [0.2, 0.25) is 0 Å². The van der Waals surface area contributed by atoms with Crippen molar-refractivity contribution in [3.05, 3.63) is 29.1 Å². The zero-order chi connectivity index (χ0) is 11.1. The van der Waals surface area contributed by atoms with Crippen LogP contribution in [0.2, 0.25) is 0 Å². The number of nitriles is 1. The van der Waals surface area contributed by atoms with E-state index in [2.05, 4.69) is 6.07 Å². The van der Waals surface area contributed by atoms with E-state index in [0.717, 1.165) is 12.8 Å². The number of hydrogen-bond acceptors (Lipinski definition) is 2. The van der Waals surface area contributed by atoms with Crippen molar-refractivity contribution in [3.8, 4) is 11.8 Å². The highest BCUT2D eigenvalue weighted by molar-refractivity contribution is 5.46. The molecule has 0 aromatic heterocycles. The normalized spacial score (nSPS) is 16.9. The summed E-state index contributed by atoms with van der Waals surface area (Å²) in [6.45, 7) is 1.69. The molecule has 2 rings (SSSR count). The SMILES string of the molecule is COc1cc(C)c(F)c(C2(C#N)CC2)c1. The topological polar surface area (TPSA) is 33.0 Å². The number of rotatable bonds is 2. The fourth-order valence-corrected chi connectivity index (χ4v) is 1.77. The van der Waals surface area contributed by atoms with E-state index in [4.69, 9.17) is 10.00 Å². The molecule has 1 aliphatic carbocycles. The highest BCUT2D eigenvalue weighted by Gasteiger charge is 2.47. The first kappa shape index (κ1) is 9.97. The van der Waals surface area contributed by atoms with Crippen molar-refractivity contribution in [1.29, 1.82) is 5.26 Å². The van der Waals surface area contributed by atoms with Gasteiger partial charge in [0.1, 0.15) is 11.6 Å². The van der Waals surface area contributed by atoms with Crippen LogP contribution < -0.4 is 4.74 Å². The molecule has 1 fully saturated rings. The van der Waals surface area contributed by atoms with Gasteiger partial charge in [-0.2, -0.15) is 5.26 Å². The quantitative estimate of drug-likeness (QED) is 0.743. The molecule has 78 valence electrons. The van der Waals surface area contributed by atoms with Gasteiger partial charge in [0, 0.05) is 5.56 Å². The fraction of sp³-hybridized carbons (Fsp3) is 0.417. The average Bonchev–Trinajstić information content (AvgIpc) is 3.02. The second-order valence-electron chi connectivity index (χ2n) is 4.00. The Bertz CT molecular complexity index is 444. The largest absolute Gasteiger partial charge is 0.497 e. The van der Waals surface area contributed by atoms with Gasteiger partial charge < -0.3 is 4.74 Å². The van der Waals surface area contributed by atoms with Gasteiger partial charge in [-0.05, 0) is 37.5 Å². The van der Waals surface area contributed by atoms with E-state index >= 15 is 0 Å². The van der Waals surface area contributed by atoms with Gasteiger partial charge in [-0.25, -0.2) is 4.39 Å². The minimum Gasteiger partial charge on any atom is -0.497 e. The van der Waals surface area contributed by atoms with Crippen molar-refractivity contribution in [2.45, 2.75) is 25.2 Å². The molecule has 0 atom stereocenters. The van der Waals surface area contributed by atoms with Crippen molar-refractivity contribution < 1.29 is 9.13 Å². The zero-order valence-electron chi connectivity index (χ0n) is 8.80. The lowest BCUT2D eigenvalue weighted by Crippen LogP contribution is -2.07. The predicted octanol–water partition coefficient (Wildman–Crippen LogP) is 2.70. The lowest BCUT2D eigenvalue weighted by Gasteiger charge is -2.12. The molecule has 1 saturated carbocycles. The van der Waals surface area contributed by atoms with Crippen LogP contribution in [0.15, 0.2) is 12.1 Å². The molecule has 1 aromatic carbocycles. The number of hydrogen-bond donors (Lipinski definition) is 0. The first-order valence-electron chi connectivity index (χ1n) is 4.89. The monoisotopic (exact) mass is 205 g/mol. The second-order valence-corrected chi connectivity index (χ2v) is 4.00. The molecule has 1 aliphatic rings. The van der Waals surface area contributed by atoms with Crippen LogP contribution in [0.4, 0.5) is 4.39 Å². The van der Waals surface area contributed by atoms with Crippen LogP contribution in [-0.4, -0.2) is 7.11 Å². The van der Waals surface area contributed by atoms with Gasteiger partial charge in [-0.15, -0.1) is 0 Å². The van der Waals surface area contributed by atoms with E-state index in [1.165, 1.54) is 0 Å². The lowest BCUT2D eigenvalue weighted by molar-refractivity contribution is 0.411. The molecular weight excluding hydrogens is 193 g/mol. The Hall–Kier alpha value is -1.56. The molecule has 2 nitrogen and oxygen atoms in total. The number of halogens is 1. The van der Waals surface area contributed by atoms with Crippen LogP contribution >= 0.6 is 0 Å². The van der Waals surface area contributed by atoms with Gasteiger partial charge in [-0.3, -0.25) is 0 Å². The number of methoxy groups -OCH3 is 1. The molecule has 0 N–H and O–H groups in total. The molecular formula is C12H12FNO. The van der Waals surface area contributed by atoms with E-state index in [0.29, 0.717) is 16.9 Å². The van der Waals surface area contributed by atoms with Gasteiger partial charge in [0.25, 0.3) is 0 Å². The molecule has 0 unspecified atom stereocenters. The van der Waals surface area contributed by atoms with Crippen molar-refractivity contribution in [2.24, 2.45) is 0 Å². The minimum absolute atomic E-state index is 0.269. The van der Waals surface area contributed by atoms with Crippen LogP contribution in [0.1, 0.15) is 24.0 Å². The first-order valence-corrected chi connectivity index (χ1v) is 4.89. The van der Waals surface area contributed by atoms with Crippen LogP contribution in [0.25, 0.3) is 0 Å². The second kappa shape index (κ2) is 3.23. The van der Waals surface area contributed by atoms with Crippen LogP contribution in [-0.2, 0) is 5.41 Å². The molecule has 1 aromatic rings. The van der Waals surface area contributed by atoms with Crippen LogP contribution in [0, 0.1) is 24.1 Å². The summed E-state index contributed by atoms with van der Waals surface area (Å²) in [5.41, 5.74) is 0.427. The molecule has 0 heterocycles. The molecule has 0 aliphatic heterocycles. The Morgan fingerprint density at radius 1 is 1.47 bits per heavy atom. The van der Waals surface area contributed by atoms with Crippen molar-refractivity contribution in [3.63, 3.8) is 0 Å². The summed E-state index contributed by atoms with van der Waals surface area (Å²) in [5, 5.41) is 9.03. The molecule has 0 amide bonds. The summed E-state index contributed by atoms with van der Waals surface area (Å²) in [6.07, 6.45) is 1.49. The van der Waals surface area contributed by atoms with Gasteiger partial charge in [0.05, 0.1) is 18.6 Å². The maximum Gasteiger partial charge on any atom is 0.131 e. The Morgan fingerprint density at radius 3 is 2.60 bits per heavy atom. The summed E-state index contributed by atoms with van der Waals surface area (Å²) in [4.78, 5) is 0. The third kappa shape index (κ3) is 1.46. The predicted molar refractivity (Wildman–Crippen MR) is 54.2 cm³/mol. The van der Waals surface area contributed by atoms with E-state index in [-0.39, 0.29) is 5.82 Å². The molecule has 15 heavy (non-hydrogen) atoms. The number of ether oxygens (including phenoxy) is 1. The third-order valence-electron chi connectivity index (χ3n) is 2.94. The summed E-state index contributed by atoms with van der Waals surface area (Å²) in [5.74, 6) is 0.347. The van der Waals surface area contributed by atoms with Crippen molar-refractivity contribution in [1.82, 2.24) is 0 Å². The zero-order valence-corrected chi connectivity index (χ0v) is 8.80. The fourth-order valence-electron chi connectivity index (χ4n) is 1.77. The van der Waals surface area contributed by atoms with Gasteiger partial charge in [0.15, 0.2) is 0 Å². The highest BCUT2D eigenvalue weighted by atomic mass is 19.1. The highest BCUT2D eigenvalue weighted by Crippen LogP contribution is 2.49. The maximum absolute atomic E-state index is 13.8. The molecule has 0 saturated heterocycles. The third-order valence-corrected chi connectivity index (χ3v) is 2.94. The summed E-state index contributed by atoms with van der Waals surface area (Å²) >= 11 is 0. The Morgan fingerprint density at radius 2 is 2.13 bits per heavy atom. The van der Waals surface area contributed by atoms with E-state index in [1.807, 2.05) is 0 Å². The maximum atomic E-state index is 13.8.